The van der Waals surface area contributed by atoms with Crippen LogP contribution in [0, 0.1) is 24.7 Å². The van der Waals surface area contributed by atoms with Gasteiger partial charge in [-0.1, -0.05) is 470 Å². The molecule has 2 fully saturated rings. The van der Waals surface area contributed by atoms with Gasteiger partial charge in [0.05, 0.1) is 36.5 Å². The van der Waals surface area contributed by atoms with Crippen LogP contribution in [0.25, 0.3) is 32.5 Å². The summed E-state index contributed by atoms with van der Waals surface area (Å²) >= 11 is 9.80. The zero-order chi connectivity index (χ0) is 99.1. The van der Waals surface area contributed by atoms with Crippen molar-refractivity contribution in [1.29, 1.82) is 0 Å². The van der Waals surface area contributed by atoms with E-state index in [2.05, 4.69) is 464 Å². The SMILES string of the molecule is Brc1cnc(Br)nc1.CCCCCCCCc1nn(C)c2c(B3OCC(C)(C)CO3)sc(B3OCC(C)(C)CO3)c12.CCCCCCCCc1nn(C)c2c(C)sc(-c3ncc(C)cn3)c12.[Pd].c1ccc(P(c2ccccc2)c2ccccc2)cc1.c1ccc(P(c2ccccc2)c2ccccc2)cc1.c1ccc(P(c2ccccc2)c2ccccc2)cc1.c1ccc(P(c2ccccc2)c2ccccc2)cc1. The minimum absolute atomic E-state index is 0. The van der Waals surface area contributed by atoms with E-state index in [9.17, 15) is 0 Å². The smallest absolute Gasteiger partial charge is 0.406 e. The van der Waals surface area contributed by atoms with Gasteiger partial charge in [-0.15, -0.1) is 11.3 Å². The summed E-state index contributed by atoms with van der Waals surface area (Å²) < 4.78 is 32.6. The topological polar surface area (TPSA) is 124 Å². The molecule has 0 saturated carbocycles. The van der Waals surface area contributed by atoms with Gasteiger partial charge in [0.1, 0.15) is 0 Å². The number of unbranched alkanes of at least 4 members (excludes halogenated alkanes) is 10. The molecule has 20 rings (SSSR count). The third-order valence-electron chi connectivity index (χ3n) is 24.0. The second-order valence-electron chi connectivity index (χ2n) is 36.8. The van der Waals surface area contributed by atoms with Crippen molar-refractivity contribution >= 4 is 195 Å². The standard InChI is InChI=1S/C24H40B2N2O4S.C20H28N4S.4C18H15P.C4H2Br2N2.Pd/c1-7-8-9-10-11-12-13-18-19-20(28(6)27-18)22(26-31-16-24(4,5)17-32-26)33-21(19)25-29-14-23(2,3)15-30-25;1-5-6-7-8-9-10-11-16-17-18(24(4)23-16)15(3)25-19(17)20-21-12-14(2)13-22-20;4*1-4-10-16(11-5-1)19(17-12-6-2-7-13-17)18-14-8-3-9-15-18;5-3-1-7-4(6)8-2-3;/h7-17H2,1-6H3;12-13H,5-11H2,1-4H3;4*1-15H;1-2H;. The molecular weight excluding hydrogens is 2090 g/mol. The Hall–Kier alpha value is -9.55. The molecule has 2 saturated heterocycles. The van der Waals surface area contributed by atoms with Crippen LogP contribution in [0.5, 0.6) is 0 Å². The number of hydrogen-bond acceptors (Lipinski definition) is 12. The first-order chi connectivity index (χ1) is 69.4. The van der Waals surface area contributed by atoms with Crippen LogP contribution in [0.2, 0.25) is 0 Å². The molecule has 23 heteroatoms. The monoisotopic (exact) mass is 2220 g/mol. The quantitative estimate of drug-likeness (QED) is 0.0194. The maximum atomic E-state index is 6.22. The first-order valence-electron chi connectivity index (χ1n) is 49.5. The van der Waals surface area contributed by atoms with E-state index < -0.39 is 31.7 Å². The predicted molar refractivity (Wildman–Crippen MR) is 622 cm³/mol. The van der Waals surface area contributed by atoms with Gasteiger partial charge in [-0.05, 0) is 172 Å². The number of aryl methyl sites for hydroxylation is 6. The van der Waals surface area contributed by atoms with Gasteiger partial charge in [0.2, 0.25) is 0 Å². The van der Waals surface area contributed by atoms with Crippen LogP contribution >= 0.6 is 86.2 Å². The van der Waals surface area contributed by atoms with E-state index >= 15 is 0 Å². The first-order valence-corrected chi connectivity index (χ1v) is 58.1. The van der Waals surface area contributed by atoms with E-state index in [1.54, 1.807) is 35.1 Å². The molecule has 0 amide bonds. The minimum Gasteiger partial charge on any atom is -0.406 e. The Labute approximate surface area is 893 Å². The third kappa shape index (κ3) is 32.7. The van der Waals surface area contributed by atoms with Crippen LogP contribution in [0.1, 0.15) is 140 Å². The molecule has 2 aliphatic heterocycles. The fraction of sp³-hybridized carbons (Fsp3) is 0.250. The number of hydrogen-bond donors (Lipinski definition) is 0. The Morgan fingerprint density at radius 1 is 0.315 bits per heavy atom. The van der Waals surface area contributed by atoms with E-state index in [-0.39, 0.29) is 45.5 Å². The molecule has 2 aliphatic rings. The van der Waals surface area contributed by atoms with Crippen molar-refractivity contribution < 1.29 is 39.0 Å². The molecule has 12 aromatic carbocycles. The molecule has 0 unspecified atom stereocenters. The van der Waals surface area contributed by atoms with Crippen LogP contribution in [0.3, 0.4) is 0 Å². The van der Waals surface area contributed by atoms with Crippen molar-refractivity contribution in [2.24, 2.45) is 24.9 Å². The van der Waals surface area contributed by atoms with Gasteiger partial charge in [-0.3, -0.25) is 9.36 Å². The Morgan fingerprint density at radius 3 is 0.825 bits per heavy atom. The van der Waals surface area contributed by atoms with E-state index in [0.29, 0.717) is 31.2 Å². The predicted octanol–water partition coefficient (Wildman–Crippen LogP) is 25.5. The fourth-order valence-corrected chi connectivity index (χ4v) is 29.1. The van der Waals surface area contributed by atoms with Crippen LogP contribution in [0.4, 0.5) is 0 Å². The maximum absolute atomic E-state index is 6.22. The van der Waals surface area contributed by atoms with Crippen LogP contribution < -0.4 is 73.2 Å². The summed E-state index contributed by atoms with van der Waals surface area (Å²) in [6.07, 6.45) is 24.6. The van der Waals surface area contributed by atoms with Crippen LogP contribution in [-0.4, -0.2) is 80.2 Å². The molecule has 0 atom stereocenters. The van der Waals surface area contributed by atoms with Crippen molar-refractivity contribution in [3.05, 3.63) is 420 Å². The summed E-state index contributed by atoms with van der Waals surface area (Å²) in [6, 6.07) is 129. The van der Waals surface area contributed by atoms with Gasteiger partial charge in [0, 0.05) is 117 Å². The van der Waals surface area contributed by atoms with Gasteiger partial charge in [0.25, 0.3) is 0 Å². The molecule has 0 aliphatic carbocycles. The molecule has 0 radical (unpaired) electrons. The summed E-state index contributed by atoms with van der Waals surface area (Å²) in [6.45, 7) is 20.1. The van der Waals surface area contributed by atoms with Crippen molar-refractivity contribution in [1.82, 2.24) is 39.5 Å². The molecule has 0 N–H and O–H groups in total. The Kier molecular flexibility index (Phi) is 45.0. The normalized spacial score (nSPS) is 12.9. The minimum atomic E-state index is -0.446. The molecular formula is C120H130B2Br2N8O4P4PdS2. The fourth-order valence-electron chi connectivity index (χ4n) is 17.0. The molecule has 143 heavy (non-hydrogen) atoms. The summed E-state index contributed by atoms with van der Waals surface area (Å²) in [4.78, 5) is 19.2. The average Bonchev–Trinajstić information content (AvgIpc) is 1.58. The number of nitrogens with zero attached hydrogens (tertiary/aromatic N) is 8. The average molecular weight is 2220 g/mol. The Balaban J connectivity index is 0.000000143. The molecule has 12 nitrogen and oxygen atoms in total. The van der Waals surface area contributed by atoms with E-state index in [1.807, 2.05) is 42.8 Å². The van der Waals surface area contributed by atoms with Gasteiger partial charge < -0.3 is 18.6 Å². The first kappa shape index (κ1) is 111. The van der Waals surface area contributed by atoms with Gasteiger partial charge in [0.15, 0.2) is 10.6 Å². The van der Waals surface area contributed by atoms with Gasteiger partial charge in [-0.25, -0.2) is 19.9 Å². The van der Waals surface area contributed by atoms with Crippen molar-refractivity contribution in [2.45, 2.75) is 145 Å². The van der Waals surface area contributed by atoms with Gasteiger partial charge >= 0.3 is 14.2 Å². The zero-order valence-electron chi connectivity index (χ0n) is 83.7. The molecule has 0 bridgehead atoms. The van der Waals surface area contributed by atoms with Crippen LogP contribution in [0.15, 0.2) is 398 Å². The number of thiophene rings is 2. The number of fused-ring (bicyclic) bond motifs is 2. The second kappa shape index (κ2) is 58.1. The van der Waals surface area contributed by atoms with E-state index in [4.69, 9.17) is 28.8 Å². The van der Waals surface area contributed by atoms with Gasteiger partial charge in [-0.2, -0.15) is 21.5 Å². The van der Waals surface area contributed by atoms with Crippen molar-refractivity contribution in [3.63, 3.8) is 0 Å². The second-order valence-corrected chi connectivity index (χ2v) is 49.6. The van der Waals surface area contributed by atoms with Crippen molar-refractivity contribution in [3.8, 4) is 10.7 Å². The van der Waals surface area contributed by atoms with Crippen molar-refractivity contribution in [2.75, 3.05) is 26.4 Å². The zero-order valence-corrected chi connectivity index (χ0v) is 93.7. The Morgan fingerprint density at radius 2 is 0.559 bits per heavy atom. The summed E-state index contributed by atoms with van der Waals surface area (Å²) in [5.41, 5.74) is 5.86. The van der Waals surface area contributed by atoms with Crippen LogP contribution in [-0.2, 0) is 66.0 Å². The largest absolute Gasteiger partial charge is 0.506 e. The molecule has 0 spiro atoms. The number of rotatable bonds is 29. The maximum Gasteiger partial charge on any atom is 0.506 e. The summed E-state index contributed by atoms with van der Waals surface area (Å²) in [5, 5.41) is 29.0. The summed E-state index contributed by atoms with van der Waals surface area (Å²) in [5.74, 6) is 0.825. The molecule has 736 valence electrons. The van der Waals surface area contributed by atoms with E-state index in [1.165, 1.54) is 166 Å². The van der Waals surface area contributed by atoms with E-state index in [0.717, 1.165) is 55.9 Å². The number of benzene rings is 12. The Bertz CT molecular complexity index is 5790. The molecule has 6 aromatic heterocycles. The summed E-state index contributed by atoms with van der Waals surface area (Å²) in [7, 11) is 1.58. The molecule has 18 aromatic rings. The third-order valence-corrected chi connectivity index (χ3v) is 36.9. The number of aromatic nitrogens is 8. The number of halogens is 2. The molecule has 8 heterocycles.